The van der Waals surface area contributed by atoms with Crippen LogP contribution >= 0.6 is 23.4 Å². The van der Waals surface area contributed by atoms with Gasteiger partial charge in [0, 0.05) is 4.90 Å². The van der Waals surface area contributed by atoms with E-state index in [4.69, 9.17) is 16.3 Å². The van der Waals surface area contributed by atoms with E-state index < -0.39 is 0 Å². The Morgan fingerprint density at radius 1 is 1.23 bits per heavy atom. The Morgan fingerprint density at radius 2 is 1.91 bits per heavy atom. The topological polar surface area (TPSA) is 38.3 Å². The first-order valence-corrected chi connectivity index (χ1v) is 8.31. The maximum atomic E-state index is 12.4. The third kappa shape index (κ3) is 4.42. The lowest BCUT2D eigenvalue weighted by molar-refractivity contribution is -0.115. The van der Waals surface area contributed by atoms with Gasteiger partial charge in [0.15, 0.2) is 0 Å². The Balaban J connectivity index is 2.04. The fourth-order valence-corrected chi connectivity index (χ4v) is 3.02. The van der Waals surface area contributed by atoms with Crippen molar-refractivity contribution in [2.45, 2.75) is 24.0 Å². The van der Waals surface area contributed by atoms with E-state index in [2.05, 4.69) is 5.32 Å². The first kappa shape index (κ1) is 16.7. The number of carbonyl (C=O) groups is 1. The summed E-state index contributed by atoms with van der Waals surface area (Å²) < 4.78 is 5.51. The van der Waals surface area contributed by atoms with Crippen molar-refractivity contribution in [1.82, 2.24) is 0 Å². The summed E-state index contributed by atoms with van der Waals surface area (Å²) in [4.78, 5) is 13.2. The normalized spacial score (nSPS) is 11.8. The summed E-state index contributed by atoms with van der Waals surface area (Å²) in [6, 6.07) is 14.9. The third-order valence-corrected chi connectivity index (χ3v) is 4.57. The highest BCUT2D eigenvalue weighted by atomic mass is 35.5. The van der Waals surface area contributed by atoms with Gasteiger partial charge < -0.3 is 10.1 Å². The van der Waals surface area contributed by atoms with Crippen molar-refractivity contribution in [3.05, 3.63) is 53.6 Å². The quantitative estimate of drug-likeness (QED) is 0.766. The number of para-hydroxylation sites is 2. The Morgan fingerprint density at radius 3 is 2.64 bits per heavy atom. The molecule has 0 spiro atoms. The molecule has 22 heavy (non-hydrogen) atoms. The van der Waals surface area contributed by atoms with E-state index in [1.807, 2.05) is 62.4 Å². The molecule has 0 aliphatic rings. The van der Waals surface area contributed by atoms with Gasteiger partial charge in [-0.25, -0.2) is 0 Å². The number of benzene rings is 2. The zero-order valence-electron chi connectivity index (χ0n) is 12.5. The largest absolute Gasteiger partial charge is 0.492 e. The van der Waals surface area contributed by atoms with Crippen molar-refractivity contribution >= 4 is 35.0 Å². The molecule has 2 aromatic rings. The summed E-state index contributed by atoms with van der Waals surface area (Å²) in [5, 5.41) is 3.29. The molecule has 2 aromatic carbocycles. The first-order chi connectivity index (χ1) is 10.6. The molecule has 0 saturated carbocycles. The van der Waals surface area contributed by atoms with Crippen molar-refractivity contribution in [1.29, 1.82) is 0 Å². The molecule has 0 aliphatic heterocycles. The van der Waals surface area contributed by atoms with Gasteiger partial charge in [-0.3, -0.25) is 4.79 Å². The highest BCUT2D eigenvalue weighted by molar-refractivity contribution is 8.00. The number of ether oxygens (including phenoxy) is 1. The summed E-state index contributed by atoms with van der Waals surface area (Å²) in [7, 11) is 0. The first-order valence-electron chi connectivity index (χ1n) is 7.05. The van der Waals surface area contributed by atoms with Crippen molar-refractivity contribution < 1.29 is 9.53 Å². The van der Waals surface area contributed by atoms with E-state index in [0.717, 1.165) is 4.90 Å². The maximum absolute atomic E-state index is 12.4. The number of nitrogens with one attached hydrogen (secondary N) is 1. The molecular formula is C17H18ClNO2S. The standard InChI is InChI=1S/C17H18ClNO2S/c1-3-21-15-10-6-5-9-14(15)19-17(20)12(2)22-16-11-7-4-8-13(16)18/h4-12H,3H2,1-2H3,(H,19,20). The number of amides is 1. The Kier molecular flexibility index (Phi) is 6.16. The molecule has 5 heteroatoms. The fraction of sp³-hybridized carbons (Fsp3) is 0.235. The molecule has 0 fully saturated rings. The molecule has 1 amide bonds. The second-order valence-electron chi connectivity index (χ2n) is 4.61. The molecule has 0 saturated heterocycles. The van der Waals surface area contributed by atoms with Crippen LogP contribution in [0.4, 0.5) is 5.69 Å². The smallest absolute Gasteiger partial charge is 0.237 e. The predicted molar refractivity (Wildman–Crippen MR) is 93.0 cm³/mol. The van der Waals surface area contributed by atoms with Gasteiger partial charge in [-0.1, -0.05) is 35.9 Å². The Bertz CT molecular complexity index is 648. The number of anilines is 1. The molecule has 2 rings (SSSR count). The van der Waals surface area contributed by atoms with Crippen LogP contribution in [-0.4, -0.2) is 17.8 Å². The van der Waals surface area contributed by atoms with Crippen LogP contribution in [0.1, 0.15) is 13.8 Å². The lowest BCUT2D eigenvalue weighted by Crippen LogP contribution is -2.22. The maximum Gasteiger partial charge on any atom is 0.237 e. The number of thioether (sulfide) groups is 1. The lowest BCUT2D eigenvalue weighted by Gasteiger charge is -2.15. The SMILES string of the molecule is CCOc1ccccc1NC(=O)C(C)Sc1ccccc1Cl. The van der Waals surface area contributed by atoms with E-state index in [-0.39, 0.29) is 11.2 Å². The van der Waals surface area contributed by atoms with Gasteiger partial charge in [0.25, 0.3) is 0 Å². The van der Waals surface area contributed by atoms with Crippen molar-refractivity contribution in [3.63, 3.8) is 0 Å². The average molecular weight is 336 g/mol. The van der Waals surface area contributed by atoms with Crippen LogP contribution in [0.5, 0.6) is 5.75 Å². The minimum Gasteiger partial charge on any atom is -0.492 e. The second kappa shape index (κ2) is 8.11. The van der Waals surface area contributed by atoms with Gasteiger partial charge in [0.1, 0.15) is 5.75 Å². The van der Waals surface area contributed by atoms with Gasteiger partial charge in [0.2, 0.25) is 5.91 Å². The Labute approximate surface area is 140 Å². The molecule has 0 radical (unpaired) electrons. The molecule has 3 nitrogen and oxygen atoms in total. The van der Waals surface area contributed by atoms with Gasteiger partial charge in [-0.2, -0.15) is 0 Å². The summed E-state index contributed by atoms with van der Waals surface area (Å²) in [5.74, 6) is 0.588. The Hall–Kier alpha value is -1.65. The molecule has 1 atom stereocenters. The van der Waals surface area contributed by atoms with Gasteiger partial charge in [-0.05, 0) is 38.1 Å². The molecule has 116 valence electrons. The van der Waals surface area contributed by atoms with Crippen molar-refractivity contribution in [2.24, 2.45) is 0 Å². The number of carbonyl (C=O) groups excluding carboxylic acids is 1. The van der Waals surface area contributed by atoms with E-state index in [1.54, 1.807) is 0 Å². The van der Waals surface area contributed by atoms with Crippen molar-refractivity contribution in [3.8, 4) is 5.75 Å². The van der Waals surface area contributed by atoms with Crippen LogP contribution < -0.4 is 10.1 Å². The summed E-state index contributed by atoms with van der Waals surface area (Å²) in [5.41, 5.74) is 0.681. The molecule has 0 aromatic heterocycles. The molecule has 0 aliphatic carbocycles. The minimum absolute atomic E-state index is 0.0860. The number of halogens is 1. The number of hydrogen-bond donors (Lipinski definition) is 1. The molecule has 0 heterocycles. The predicted octanol–water partition coefficient (Wildman–Crippen LogP) is 4.86. The third-order valence-electron chi connectivity index (χ3n) is 2.95. The summed E-state index contributed by atoms with van der Waals surface area (Å²) in [6.45, 7) is 4.32. The zero-order valence-corrected chi connectivity index (χ0v) is 14.1. The molecule has 1 unspecified atom stereocenters. The molecule has 0 bridgehead atoms. The summed E-state index contributed by atoms with van der Waals surface area (Å²) >= 11 is 7.56. The number of rotatable bonds is 6. The van der Waals surface area contributed by atoms with E-state index >= 15 is 0 Å². The fourth-order valence-electron chi connectivity index (χ4n) is 1.87. The molecular weight excluding hydrogens is 318 g/mol. The van der Waals surface area contributed by atoms with E-state index in [0.29, 0.717) is 23.1 Å². The highest BCUT2D eigenvalue weighted by Crippen LogP contribution is 2.31. The van der Waals surface area contributed by atoms with Crippen LogP contribution in [0.2, 0.25) is 5.02 Å². The second-order valence-corrected chi connectivity index (χ2v) is 6.40. The van der Waals surface area contributed by atoms with Crippen LogP contribution in [0.15, 0.2) is 53.4 Å². The zero-order chi connectivity index (χ0) is 15.9. The van der Waals surface area contributed by atoms with Crippen LogP contribution in [0.3, 0.4) is 0 Å². The highest BCUT2D eigenvalue weighted by Gasteiger charge is 2.17. The van der Waals surface area contributed by atoms with E-state index in [1.165, 1.54) is 11.8 Å². The van der Waals surface area contributed by atoms with E-state index in [9.17, 15) is 4.79 Å². The number of hydrogen-bond acceptors (Lipinski definition) is 3. The monoisotopic (exact) mass is 335 g/mol. The van der Waals surface area contributed by atoms with Crippen LogP contribution in [0, 0.1) is 0 Å². The van der Waals surface area contributed by atoms with Gasteiger partial charge in [-0.15, -0.1) is 11.8 Å². The van der Waals surface area contributed by atoms with Crippen LogP contribution in [-0.2, 0) is 4.79 Å². The summed E-state index contributed by atoms with van der Waals surface area (Å²) in [6.07, 6.45) is 0. The van der Waals surface area contributed by atoms with Crippen LogP contribution in [0.25, 0.3) is 0 Å². The average Bonchev–Trinajstić information content (AvgIpc) is 2.51. The lowest BCUT2D eigenvalue weighted by atomic mass is 10.3. The van der Waals surface area contributed by atoms with Crippen molar-refractivity contribution in [2.75, 3.05) is 11.9 Å². The molecule has 1 N–H and O–H groups in total. The van der Waals surface area contributed by atoms with Gasteiger partial charge in [0.05, 0.1) is 22.6 Å². The van der Waals surface area contributed by atoms with Gasteiger partial charge >= 0.3 is 0 Å². The minimum atomic E-state index is -0.269.